The van der Waals surface area contributed by atoms with Gasteiger partial charge in [0.1, 0.15) is 11.5 Å². The Morgan fingerprint density at radius 1 is 1.17 bits per heavy atom. The molecule has 0 spiro atoms. The maximum atomic E-state index is 6.01. The van der Waals surface area contributed by atoms with Gasteiger partial charge in [0.25, 0.3) is 0 Å². The van der Waals surface area contributed by atoms with Crippen molar-refractivity contribution in [3.8, 4) is 11.5 Å². The van der Waals surface area contributed by atoms with Crippen molar-refractivity contribution in [2.24, 2.45) is 0 Å². The van der Waals surface area contributed by atoms with Gasteiger partial charge < -0.3 is 10.1 Å². The molecule has 1 N–H and O–H groups in total. The van der Waals surface area contributed by atoms with Crippen molar-refractivity contribution in [1.29, 1.82) is 0 Å². The first-order valence-corrected chi connectivity index (χ1v) is 6.24. The molecule has 0 aliphatic carbocycles. The molecule has 0 aromatic heterocycles. The summed E-state index contributed by atoms with van der Waals surface area (Å²) in [6.07, 6.45) is 0. The monoisotopic (exact) mass is 261 g/mol. The molecule has 0 aliphatic rings. The highest BCUT2D eigenvalue weighted by Gasteiger charge is 2.05. The molecule has 0 unspecified atom stereocenters. The van der Waals surface area contributed by atoms with Crippen molar-refractivity contribution in [3.63, 3.8) is 0 Å². The number of nitrogens with one attached hydrogen (secondary N) is 1. The second-order valence-electron chi connectivity index (χ2n) is 4.20. The van der Waals surface area contributed by atoms with E-state index < -0.39 is 0 Å². The molecule has 0 fully saturated rings. The van der Waals surface area contributed by atoms with E-state index in [0.29, 0.717) is 5.02 Å². The second kappa shape index (κ2) is 5.89. The average Bonchev–Trinajstić information content (AvgIpc) is 2.33. The van der Waals surface area contributed by atoms with E-state index in [4.69, 9.17) is 16.3 Å². The van der Waals surface area contributed by atoms with Crippen LogP contribution in [-0.4, -0.2) is 7.05 Å². The van der Waals surface area contributed by atoms with Crippen LogP contribution in [0, 0.1) is 6.92 Å². The third-order valence-electron chi connectivity index (χ3n) is 2.61. The molecule has 2 rings (SSSR count). The number of hydrogen-bond acceptors (Lipinski definition) is 2. The van der Waals surface area contributed by atoms with Gasteiger partial charge in [-0.25, -0.2) is 0 Å². The van der Waals surface area contributed by atoms with Gasteiger partial charge in [-0.1, -0.05) is 29.8 Å². The summed E-state index contributed by atoms with van der Waals surface area (Å²) in [4.78, 5) is 0. The van der Waals surface area contributed by atoms with Crippen molar-refractivity contribution in [2.45, 2.75) is 13.5 Å². The summed E-state index contributed by atoms with van der Waals surface area (Å²) in [7, 11) is 1.91. The van der Waals surface area contributed by atoms with Gasteiger partial charge in [-0.2, -0.15) is 0 Å². The van der Waals surface area contributed by atoms with Gasteiger partial charge in [-0.05, 0) is 43.8 Å². The molecule has 0 saturated carbocycles. The summed E-state index contributed by atoms with van der Waals surface area (Å²) >= 11 is 6.01. The number of ether oxygens (including phenoxy) is 1. The number of rotatable bonds is 4. The van der Waals surface area contributed by atoms with E-state index in [1.54, 1.807) is 0 Å². The predicted molar refractivity (Wildman–Crippen MR) is 75.5 cm³/mol. The fourth-order valence-corrected chi connectivity index (χ4v) is 1.93. The Labute approximate surface area is 113 Å². The Hall–Kier alpha value is -1.51. The quantitative estimate of drug-likeness (QED) is 0.892. The van der Waals surface area contributed by atoms with E-state index in [9.17, 15) is 0 Å². The van der Waals surface area contributed by atoms with Crippen molar-refractivity contribution < 1.29 is 4.74 Å². The summed E-state index contributed by atoms with van der Waals surface area (Å²) in [5.74, 6) is 1.62. The Morgan fingerprint density at radius 3 is 2.72 bits per heavy atom. The van der Waals surface area contributed by atoms with Crippen LogP contribution in [-0.2, 0) is 6.54 Å². The van der Waals surface area contributed by atoms with E-state index in [1.165, 1.54) is 5.56 Å². The van der Waals surface area contributed by atoms with Gasteiger partial charge in [0.05, 0.1) is 0 Å². The van der Waals surface area contributed by atoms with Crippen LogP contribution in [0.25, 0.3) is 0 Å². The molecular weight excluding hydrogens is 246 g/mol. The SMILES string of the molecule is CNCc1ccc(Cl)cc1Oc1cccc(C)c1. The third-order valence-corrected chi connectivity index (χ3v) is 2.85. The molecule has 0 saturated heterocycles. The van der Waals surface area contributed by atoms with Gasteiger partial charge in [0.15, 0.2) is 0 Å². The van der Waals surface area contributed by atoms with Crippen LogP contribution in [0.3, 0.4) is 0 Å². The van der Waals surface area contributed by atoms with E-state index in [1.807, 2.05) is 56.4 Å². The summed E-state index contributed by atoms with van der Waals surface area (Å²) in [6.45, 7) is 2.79. The lowest BCUT2D eigenvalue weighted by atomic mass is 10.2. The van der Waals surface area contributed by atoms with Crippen LogP contribution >= 0.6 is 11.6 Å². The van der Waals surface area contributed by atoms with Crippen molar-refractivity contribution in [3.05, 3.63) is 58.6 Å². The highest BCUT2D eigenvalue weighted by Crippen LogP contribution is 2.28. The van der Waals surface area contributed by atoms with E-state index >= 15 is 0 Å². The van der Waals surface area contributed by atoms with E-state index in [-0.39, 0.29) is 0 Å². The second-order valence-corrected chi connectivity index (χ2v) is 4.64. The smallest absolute Gasteiger partial charge is 0.133 e. The number of halogens is 1. The molecule has 0 bridgehead atoms. The molecule has 94 valence electrons. The normalized spacial score (nSPS) is 10.4. The standard InChI is InChI=1S/C15H16ClNO/c1-11-4-3-5-14(8-11)18-15-9-13(16)7-6-12(15)10-17-2/h3-9,17H,10H2,1-2H3. The van der Waals surface area contributed by atoms with Crippen LogP contribution in [0.2, 0.25) is 5.02 Å². The van der Waals surface area contributed by atoms with Crippen LogP contribution in [0.15, 0.2) is 42.5 Å². The molecule has 2 aromatic carbocycles. The Balaban J connectivity index is 2.29. The molecule has 0 amide bonds. The zero-order valence-corrected chi connectivity index (χ0v) is 11.3. The van der Waals surface area contributed by atoms with Crippen LogP contribution in [0.4, 0.5) is 0 Å². The zero-order chi connectivity index (χ0) is 13.0. The molecule has 0 atom stereocenters. The van der Waals surface area contributed by atoms with E-state index in [2.05, 4.69) is 5.32 Å². The summed E-state index contributed by atoms with van der Waals surface area (Å²) in [6, 6.07) is 13.7. The van der Waals surface area contributed by atoms with Gasteiger partial charge in [0.2, 0.25) is 0 Å². The minimum Gasteiger partial charge on any atom is -0.457 e. The molecule has 0 aliphatic heterocycles. The topological polar surface area (TPSA) is 21.3 Å². The molecule has 0 radical (unpaired) electrons. The van der Waals surface area contributed by atoms with Gasteiger partial charge >= 0.3 is 0 Å². The van der Waals surface area contributed by atoms with Crippen LogP contribution < -0.4 is 10.1 Å². The number of hydrogen-bond donors (Lipinski definition) is 1. The van der Waals surface area contributed by atoms with E-state index in [0.717, 1.165) is 23.6 Å². The Bertz CT molecular complexity index is 540. The van der Waals surface area contributed by atoms with Crippen LogP contribution in [0.1, 0.15) is 11.1 Å². The maximum Gasteiger partial charge on any atom is 0.133 e. The number of benzene rings is 2. The molecular formula is C15H16ClNO. The lowest BCUT2D eigenvalue weighted by Gasteiger charge is -2.11. The fraction of sp³-hybridized carbons (Fsp3) is 0.200. The average molecular weight is 262 g/mol. The van der Waals surface area contributed by atoms with Crippen LogP contribution in [0.5, 0.6) is 11.5 Å². The number of aryl methyl sites for hydroxylation is 1. The Kier molecular flexibility index (Phi) is 4.24. The zero-order valence-electron chi connectivity index (χ0n) is 10.5. The van der Waals surface area contributed by atoms with Crippen molar-refractivity contribution in [2.75, 3.05) is 7.05 Å². The lowest BCUT2D eigenvalue weighted by Crippen LogP contribution is -2.06. The Morgan fingerprint density at radius 2 is 2.00 bits per heavy atom. The fourth-order valence-electron chi connectivity index (χ4n) is 1.77. The molecule has 2 nitrogen and oxygen atoms in total. The van der Waals surface area contributed by atoms with Gasteiger partial charge in [-0.15, -0.1) is 0 Å². The molecule has 0 heterocycles. The molecule has 2 aromatic rings. The predicted octanol–water partition coefficient (Wildman–Crippen LogP) is 4.16. The highest BCUT2D eigenvalue weighted by molar-refractivity contribution is 6.30. The summed E-state index contributed by atoms with van der Waals surface area (Å²) in [5, 5.41) is 3.80. The first-order valence-electron chi connectivity index (χ1n) is 5.86. The third kappa shape index (κ3) is 3.25. The summed E-state index contributed by atoms with van der Waals surface area (Å²) < 4.78 is 5.90. The minimum absolute atomic E-state index is 0.678. The lowest BCUT2D eigenvalue weighted by molar-refractivity contribution is 0.474. The molecule has 18 heavy (non-hydrogen) atoms. The highest BCUT2D eigenvalue weighted by atomic mass is 35.5. The maximum absolute atomic E-state index is 6.01. The largest absolute Gasteiger partial charge is 0.457 e. The van der Waals surface area contributed by atoms with Gasteiger partial charge in [-0.3, -0.25) is 0 Å². The first kappa shape index (κ1) is 12.9. The minimum atomic E-state index is 0.678. The van der Waals surface area contributed by atoms with Crippen molar-refractivity contribution in [1.82, 2.24) is 5.32 Å². The van der Waals surface area contributed by atoms with Crippen molar-refractivity contribution >= 4 is 11.6 Å². The summed E-state index contributed by atoms with van der Waals surface area (Å²) in [5.41, 5.74) is 2.26. The van der Waals surface area contributed by atoms with Gasteiger partial charge in [0, 0.05) is 17.1 Å². The first-order chi connectivity index (χ1) is 8.69. The molecule has 3 heteroatoms.